The highest BCUT2D eigenvalue weighted by atomic mass is 19.4. The first kappa shape index (κ1) is 11.8. The van der Waals surface area contributed by atoms with Gasteiger partial charge in [-0.15, -0.1) is 0 Å². The summed E-state index contributed by atoms with van der Waals surface area (Å²) in [6, 6.07) is 2.25. The molecule has 0 unspecified atom stereocenters. The third-order valence-corrected chi connectivity index (χ3v) is 2.30. The first-order chi connectivity index (χ1) is 7.69. The molecule has 0 saturated carbocycles. The summed E-state index contributed by atoms with van der Waals surface area (Å²) in [5.74, 6) is 0. The highest BCUT2D eigenvalue weighted by Crippen LogP contribution is 2.41. The standard InChI is InChI=1S/C10H5F6N/c11-9(12,13)6-3-5-1-2-17-8(5)4-7(6)10(14,15)16/h1-4,17H. The summed E-state index contributed by atoms with van der Waals surface area (Å²) >= 11 is 0. The second kappa shape index (κ2) is 3.41. The number of alkyl halides is 6. The fourth-order valence-electron chi connectivity index (χ4n) is 1.57. The molecular weight excluding hydrogens is 248 g/mol. The van der Waals surface area contributed by atoms with Crippen LogP contribution in [0.2, 0.25) is 0 Å². The highest BCUT2D eigenvalue weighted by molar-refractivity contribution is 5.81. The van der Waals surface area contributed by atoms with Crippen molar-refractivity contribution in [2.45, 2.75) is 12.4 Å². The Kier molecular flexibility index (Phi) is 2.37. The Morgan fingerprint density at radius 2 is 1.35 bits per heavy atom. The monoisotopic (exact) mass is 253 g/mol. The third kappa shape index (κ3) is 2.09. The molecule has 0 radical (unpaired) electrons. The van der Waals surface area contributed by atoms with Crippen LogP contribution >= 0.6 is 0 Å². The number of halogens is 6. The van der Waals surface area contributed by atoms with Crippen molar-refractivity contribution in [1.29, 1.82) is 0 Å². The van der Waals surface area contributed by atoms with Crippen LogP contribution in [0.25, 0.3) is 10.9 Å². The zero-order chi connectivity index (χ0) is 12.8. The number of hydrogen-bond acceptors (Lipinski definition) is 0. The van der Waals surface area contributed by atoms with E-state index in [0.29, 0.717) is 12.1 Å². The van der Waals surface area contributed by atoms with Gasteiger partial charge in [-0.1, -0.05) is 0 Å². The lowest BCUT2D eigenvalue weighted by Crippen LogP contribution is -2.16. The summed E-state index contributed by atoms with van der Waals surface area (Å²) in [4.78, 5) is 2.44. The molecule has 0 aliphatic heterocycles. The summed E-state index contributed by atoms with van der Waals surface area (Å²) in [6.07, 6.45) is -8.79. The quantitative estimate of drug-likeness (QED) is 0.677. The molecule has 1 aromatic carbocycles. The number of rotatable bonds is 0. The van der Waals surface area contributed by atoms with Gasteiger partial charge in [0.2, 0.25) is 0 Å². The van der Waals surface area contributed by atoms with Crippen molar-refractivity contribution in [2.75, 3.05) is 0 Å². The molecule has 0 saturated heterocycles. The van der Waals surface area contributed by atoms with Crippen LogP contribution < -0.4 is 0 Å². The number of aromatic amines is 1. The number of hydrogen-bond donors (Lipinski definition) is 1. The van der Waals surface area contributed by atoms with Gasteiger partial charge in [0.1, 0.15) is 0 Å². The van der Waals surface area contributed by atoms with E-state index in [1.807, 2.05) is 0 Å². The fourth-order valence-corrected chi connectivity index (χ4v) is 1.57. The lowest BCUT2D eigenvalue weighted by Gasteiger charge is -2.15. The molecule has 1 nitrogen and oxygen atoms in total. The van der Waals surface area contributed by atoms with E-state index in [2.05, 4.69) is 4.98 Å². The second-order valence-electron chi connectivity index (χ2n) is 3.46. The number of nitrogens with one attached hydrogen (secondary N) is 1. The zero-order valence-electron chi connectivity index (χ0n) is 8.08. The number of aromatic nitrogens is 1. The van der Waals surface area contributed by atoms with Crippen LogP contribution in [-0.2, 0) is 12.4 Å². The van der Waals surface area contributed by atoms with E-state index in [0.717, 1.165) is 0 Å². The van der Waals surface area contributed by atoms with Crippen LogP contribution in [0.4, 0.5) is 26.3 Å². The number of fused-ring (bicyclic) bond motifs is 1. The van der Waals surface area contributed by atoms with Crippen molar-refractivity contribution >= 4 is 10.9 Å². The minimum atomic E-state index is -5.04. The maximum atomic E-state index is 12.5. The zero-order valence-corrected chi connectivity index (χ0v) is 8.08. The van der Waals surface area contributed by atoms with Crippen LogP contribution in [0.3, 0.4) is 0 Å². The molecule has 7 heteroatoms. The molecule has 0 fully saturated rings. The molecule has 0 amide bonds. The van der Waals surface area contributed by atoms with E-state index in [9.17, 15) is 26.3 Å². The van der Waals surface area contributed by atoms with Gasteiger partial charge in [0, 0.05) is 11.7 Å². The lowest BCUT2D eigenvalue weighted by atomic mass is 10.0. The van der Waals surface area contributed by atoms with Crippen LogP contribution in [0.1, 0.15) is 11.1 Å². The van der Waals surface area contributed by atoms with Crippen molar-refractivity contribution in [1.82, 2.24) is 4.98 Å². The van der Waals surface area contributed by atoms with Crippen molar-refractivity contribution in [3.8, 4) is 0 Å². The van der Waals surface area contributed by atoms with E-state index in [-0.39, 0.29) is 10.9 Å². The van der Waals surface area contributed by atoms with E-state index in [1.165, 1.54) is 12.3 Å². The summed E-state index contributed by atoms with van der Waals surface area (Å²) in [6.45, 7) is 0. The van der Waals surface area contributed by atoms with Gasteiger partial charge >= 0.3 is 12.4 Å². The maximum Gasteiger partial charge on any atom is 0.417 e. The van der Waals surface area contributed by atoms with Crippen LogP contribution in [-0.4, -0.2) is 4.98 Å². The molecule has 1 heterocycles. The summed E-state index contributed by atoms with van der Waals surface area (Å²) in [5.41, 5.74) is -3.33. The highest BCUT2D eigenvalue weighted by Gasteiger charge is 2.43. The minimum Gasteiger partial charge on any atom is -0.361 e. The molecule has 0 spiro atoms. The predicted octanol–water partition coefficient (Wildman–Crippen LogP) is 4.21. The molecule has 1 N–H and O–H groups in total. The topological polar surface area (TPSA) is 15.8 Å². The van der Waals surface area contributed by atoms with E-state index in [1.54, 1.807) is 0 Å². The van der Waals surface area contributed by atoms with Gasteiger partial charge in [-0.25, -0.2) is 0 Å². The van der Waals surface area contributed by atoms with Gasteiger partial charge in [-0.05, 0) is 23.6 Å². The van der Waals surface area contributed by atoms with Crippen molar-refractivity contribution in [2.24, 2.45) is 0 Å². The Morgan fingerprint density at radius 1 is 0.824 bits per heavy atom. The first-order valence-corrected chi connectivity index (χ1v) is 4.45. The van der Waals surface area contributed by atoms with Crippen molar-refractivity contribution in [3.63, 3.8) is 0 Å². The second-order valence-corrected chi connectivity index (χ2v) is 3.46. The summed E-state index contributed by atoms with van der Waals surface area (Å²) in [7, 11) is 0. The first-order valence-electron chi connectivity index (χ1n) is 4.45. The van der Waals surface area contributed by atoms with Gasteiger partial charge in [0.05, 0.1) is 11.1 Å². The molecule has 2 aromatic rings. The van der Waals surface area contributed by atoms with Crippen molar-refractivity contribution in [3.05, 3.63) is 35.5 Å². The number of benzene rings is 1. The molecule has 0 atom stereocenters. The van der Waals surface area contributed by atoms with Crippen molar-refractivity contribution < 1.29 is 26.3 Å². The molecule has 0 aliphatic rings. The minimum absolute atomic E-state index is 0.0188. The summed E-state index contributed by atoms with van der Waals surface area (Å²) < 4.78 is 75.0. The normalized spacial score (nSPS) is 13.3. The van der Waals surface area contributed by atoms with E-state index in [4.69, 9.17) is 0 Å². The van der Waals surface area contributed by atoms with E-state index < -0.39 is 23.5 Å². The smallest absolute Gasteiger partial charge is 0.361 e. The third-order valence-electron chi connectivity index (χ3n) is 2.30. The van der Waals surface area contributed by atoms with Gasteiger partial charge in [0.25, 0.3) is 0 Å². The fraction of sp³-hybridized carbons (Fsp3) is 0.200. The molecule has 0 aliphatic carbocycles. The molecule has 17 heavy (non-hydrogen) atoms. The lowest BCUT2D eigenvalue weighted by molar-refractivity contribution is -0.161. The Hall–Kier alpha value is -1.66. The van der Waals surface area contributed by atoms with E-state index >= 15 is 0 Å². The SMILES string of the molecule is FC(F)(F)c1cc2cc[nH]c2cc1C(F)(F)F. The number of H-pyrrole nitrogens is 1. The Bertz CT molecular complexity index is 500. The Morgan fingerprint density at radius 3 is 1.88 bits per heavy atom. The van der Waals surface area contributed by atoms with Gasteiger partial charge in [0.15, 0.2) is 0 Å². The molecule has 0 bridgehead atoms. The average Bonchev–Trinajstić information content (AvgIpc) is 2.59. The Labute approximate surface area is 91.0 Å². The maximum absolute atomic E-state index is 12.5. The largest absolute Gasteiger partial charge is 0.417 e. The molecule has 92 valence electrons. The Balaban J connectivity index is 2.78. The van der Waals surface area contributed by atoms with Gasteiger partial charge in [-0.2, -0.15) is 26.3 Å². The predicted molar refractivity (Wildman–Crippen MR) is 48.3 cm³/mol. The van der Waals surface area contributed by atoms with Gasteiger partial charge in [-0.3, -0.25) is 0 Å². The molecule has 1 aromatic heterocycles. The molecule has 2 rings (SSSR count). The average molecular weight is 253 g/mol. The van der Waals surface area contributed by atoms with Crippen LogP contribution in [0.5, 0.6) is 0 Å². The van der Waals surface area contributed by atoms with Crippen LogP contribution in [0.15, 0.2) is 24.4 Å². The van der Waals surface area contributed by atoms with Gasteiger partial charge < -0.3 is 4.98 Å². The molecular formula is C10H5F6N. The summed E-state index contributed by atoms with van der Waals surface area (Å²) in [5, 5.41) is 0.0883. The van der Waals surface area contributed by atoms with Crippen LogP contribution in [0, 0.1) is 0 Å².